The third-order valence-electron chi connectivity index (χ3n) is 3.52. The molecule has 1 aliphatic rings. The van der Waals surface area contributed by atoms with Gasteiger partial charge in [0.2, 0.25) is 0 Å². The minimum absolute atomic E-state index is 0.517. The molecule has 0 radical (unpaired) electrons. The van der Waals surface area contributed by atoms with Crippen LogP contribution in [0, 0.1) is 11.3 Å². The molecule has 0 N–H and O–H groups in total. The molecule has 0 saturated carbocycles. The number of pyridine rings is 1. The van der Waals surface area contributed by atoms with Crippen molar-refractivity contribution in [3.8, 4) is 6.07 Å². The van der Waals surface area contributed by atoms with Crippen molar-refractivity contribution in [1.29, 1.82) is 5.26 Å². The second-order valence-corrected chi connectivity index (χ2v) is 4.66. The number of benzene rings is 1. The van der Waals surface area contributed by atoms with Crippen molar-refractivity contribution in [3.05, 3.63) is 53.9 Å². The van der Waals surface area contributed by atoms with E-state index in [0.717, 1.165) is 24.2 Å². The van der Waals surface area contributed by atoms with Gasteiger partial charge in [0.25, 0.3) is 0 Å². The number of anilines is 2. The highest BCUT2D eigenvalue weighted by Crippen LogP contribution is 2.34. The molecule has 1 aromatic carbocycles. The summed E-state index contributed by atoms with van der Waals surface area (Å²) in [4.78, 5) is 6.73. The van der Waals surface area contributed by atoms with Crippen molar-refractivity contribution in [3.63, 3.8) is 0 Å². The van der Waals surface area contributed by atoms with Gasteiger partial charge in [0.1, 0.15) is 0 Å². The van der Waals surface area contributed by atoms with Crippen molar-refractivity contribution in [2.45, 2.75) is 19.3 Å². The van der Waals surface area contributed by atoms with Gasteiger partial charge in [0, 0.05) is 18.4 Å². The Hall–Kier alpha value is -2.34. The van der Waals surface area contributed by atoms with E-state index < -0.39 is 0 Å². The van der Waals surface area contributed by atoms with Crippen LogP contribution in [0.4, 0.5) is 11.4 Å². The van der Waals surface area contributed by atoms with E-state index in [1.165, 1.54) is 11.3 Å². The van der Waals surface area contributed by atoms with Crippen LogP contribution in [0.2, 0.25) is 0 Å². The lowest BCUT2D eigenvalue weighted by Crippen LogP contribution is -2.19. The van der Waals surface area contributed by atoms with Gasteiger partial charge in [0.05, 0.1) is 23.9 Å². The number of hydrogen-bond acceptors (Lipinski definition) is 3. The number of rotatable bonds is 2. The predicted molar refractivity (Wildman–Crippen MR) is 75.3 cm³/mol. The Balaban J connectivity index is 2.11. The Morgan fingerprint density at radius 3 is 2.84 bits per heavy atom. The van der Waals surface area contributed by atoms with Crippen LogP contribution in [0.15, 0.2) is 42.6 Å². The largest absolute Gasteiger partial charge is 0.339 e. The molecule has 3 rings (SSSR count). The summed E-state index contributed by atoms with van der Waals surface area (Å²) in [6, 6.07) is 14.7. The van der Waals surface area contributed by atoms with Gasteiger partial charge in [-0.05, 0) is 36.6 Å². The number of nitriles is 1. The van der Waals surface area contributed by atoms with Crippen molar-refractivity contribution in [1.82, 2.24) is 4.98 Å². The predicted octanol–water partition coefficient (Wildman–Crippen LogP) is 3.23. The second-order valence-electron chi connectivity index (χ2n) is 4.66. The summed E-state index contributed by atoms with van der Waals surface area (Å²) in [5, 5.41) is 8.87. The first-order valence-corrected chi connectivity index (χ1v) is 6.56. The summed E-state index contributed by atoms with van der Waals surface area (Å²) in [5.41, 5.74) is 4.81. The highest BCUT2D eigenvalue weighted by atomic mass is 15.1. The Kier molecular flexibility index (Phi) is 3.16. The molecule has 0 amide bonds. The molecule has 3 nitrogen and oxygen atoms in total. The molecule has 2 heterocycles. The Morgan fingerprint density at radius 1 is 1.11 bits per heavy atom. The standard InChI is InChI=1S/C16H15N3/c17-10-4-12-19-15-6-2-1-5-13(15)8-9-14-16(19)7-3-11-18-14/h1-3,5-7,11H,4,8-9,12H2. The molecule has 0 spiro atoms. The topological polar surface area (TPSA) is 39.9 Å². The molecule has 1 aliphatic heterocycles. The fourth-order valence-electron chi connectivity index (χ4n) is 2.64. The molecule has 94 valence electrons. The lowest BCUT2D eigenvalue weighted by Gasteiger charge is -2.25. The monoisotopic (exact) mass is 249 g/mol. The average Bonchev–Trinajstić information content (AvgIpc) is 2.62. The molecule has 0 aliphatic carbocycles. The highest BCUT2D eigenvalue weighted by Gasteiger charge is 2.20. The van der Waals surface area contributed by atoms with Gasteiger partial charge < -0.3 is 4.90 Å². The highest BCUT2D eigenvalue weighted by molar-refractivity contribution is 5.69. The molecule has 2 aromatic rings. The third kappa shape index (κ3) is 2.17. The van der Waals surface area contributed by atoms with Gasteiger partial charge in [-0.1, -0.05) is 18.2 Å². The fourth-order valence-corrected chi connectivity index (χ4v) is 2.64. The summed E-state index contributed by atoms with van der Waals surface area (Å²) in [6.07, 6.45) is 4.32. The number of hydrogen-bond donors (Lipinski definition) is 0. The van der Waals surface area contributed by atoms with E-state index in [4.69, 9.17) is 5.26 Å². The minimum atomic E-state index is 0.517. The van der Waals surface area contributed by atoms with Gasteiger partial charge >= 0.3 is 0 Å². The van der Waals surface area contributed by atoms with Gasteiger partial charge in [0.15, 0.2) is 0 Å². The summed E-state index contributed by atoms with van der Waals surface area (Å²) < 4.78 is 0. The van der Waals surface area contributed by atoms with E-state index in [2.05, 4.69) is 46.3 Å². The summed E-state index contributed by atoms with van der Waals surface area (Å²) in [6.45, 7) is 0.714. The third-order valence-corrected chi connectivity index (χ3v) is 3.52. The van der Waals surface area contributed by atoms with Crippen LogP contribution in [-0.2, 0) is 12.8 Å². The van der Waals surface area contributed by atoms with E-state index in [-0.39, 0.29) is 0 Å². The number of aromatic nitrogens is 1. The maximum atomic E-state index is 8.87. The summed E-state index contributed by atoms with van der Waals surface area (Å²) >= 11 is 0. The zero-order valence-corrected chi connectivity index (χ0v) is 10.7. The molecule has 0 unspecified atom stereocenters. The SMILES string of the molecule is N#CCCN1c2ccccc2CCc2ncccc21. The smallest absolute Gasteiger partial charge is 0.0643 e. The zero-order chi connectivity index (χ0) is 13.1. The molecular weight excluding hydrogens is 234 g/mol. The molecule has 0 saturated heterocycles. The number of fused-ring (bicyclic) bond motifs is 2. The number of aryl methyl sites for hydroxylation is 2. The number of nitrogens with zero attached hydrogens (tertiary/aromatic N) is 3. The van der Waals surface area contributed by atoms with E-state index in [1.807, 2.05) is 12.3 Å². The van der Waals surface area contributed by atoms with E-state index >= 15 is 0 Å². The van der Waals surface area contributed by atoms with Crippen LogP contribution in [0.1, 0.15) is 17.7 Å². The molecule has 0 fully saturated rings. The van der Waals surface area contributed by atoms with E-state index in [1.54, 1.807) is 0 Å². The van der Waals surface area contributed by atoms with Gasteiger partial charge in [-0.25, -0.2) is 0 Å². The van der Waals surface area contributed by atoms with Crippen molar-refractivity contribution in [2.75, 3.05) is 11.4 Å². The summed E-state index contributed by atoms with van der Waals surface area (Å²) in [7, 11) is 0. The van der Waals surface area contributed by atoms with Crippen LogP contribution < -0.4 is 4.90 Å². The van der Waals surface area contributed by atoms with Crippen molar-refractivity contribution in [2.24, 2.45) is 0 Å². The number of para-hydroxylation sites is 1. The molecule has 0 atom stereocenters. The van der Waals surface area contributed by atoms with E-state index in [0.29, 0.717) is 13.0 Å². The zero-order valence-electron chi connectivity index (χ0n) is 10.7. The first-order valence-electron chi connectivity index (χ1n) is 6.56. The average molecular weight is 249 g/mol. The quantitative estimate of drug-likeness (QED) is 0.820. The maximum Gasteiger partial charge on any atom is 0.0643 e. The van der Waals surface area contributed by atoms with Crippen LogP contribution >= 0.6 is 0 Å². The fraction of sp³-hybridized carbons (Fsp3) is 0.250. The lowest BCUT2D eigenvalue weighted by atomic mass is 10.1. The van der Waals surface area contributed by atoms with E-state index in [9.17, 15) is 0 Å². The molecule has 19 heavy (non-hydrogen) atoms. The van der Waals surface area contributed by atoms with Crippen LogP contribution in [-0.4, -0.2) is 11.5 Å². The lowest BCUT2D eigenvalue weighted by molar-refractivity contribution is 0.920. The maximum absolute atomic E-state index is 8.87. The first kappa shape index (κ1) is 11.7. The molecule has 3 heteroatoms. The van der Waals surface area contributed by atoms with Crippen molar-refractivity contribution >= 4 is 11.4 Å². The summed E-state index contributed by atoms with van der Waals surface area (Å²) in [5.74, 6) is 0. The van der Waals surface area contributed by atoms with Gasteiger partial charge in [-0.3, -0.25) is 4.98 Å². The molecule has 1 aromatic heterocycles. The van der Waals surface area contributed by atoms with Crippen molar-refractivity contribution < 1.29 is 0 Å². The van der Waals surface area contributed by atoms with Gasteiger partial charge in [-0.15, -0.1) is 0 Å². The Bertz CT molecular complexity index is 580. The second kappa shape index (κ2) is 5.11. The van der Waals surface area contributed by atoms with Crippen LogP contribution in [0.5, 0.6) is 0 Å². The Labute approximate surface area is 113 Å². The molecular formula is C16H15N3. The first-order chi connectivity index (χ1) is 9.40. The van der Waals surface area contributed by atoms with Crippen LogP contribution in [0.3, 0.4) is 0 Å². The minimum Gasteiger partial charge on any atom is -0.339 e. The Morgan fingerprint density at radius 2 is 1.95 bits per heavy atom. The normalized spacial score (nSPS) is 13.1. The van der Waals surface area contributed by atoms with Gasteiger partial charge in [-0.2, -0.15) is 5.26 Å². The molecule has 0 bridgehead atoms. The van der Waals surface area contributed by atoms with Crippen LogP contribution in [0.25, 0.3) is 0 Å².